The number of rotatable bonds is 7. The van der Waals surface area contributed by atoms with Crippen LogP contribution >= 0.6 is 34.9 Å². The van der Waals surface area contributed by atoms with E-state index in [1.54, 1.807) is 16.4 Å². The standard InChI is InChI=1S/C18H17N7O2S3/c1-10(2)29-18-24-23-17(30-18)20-13(26)9-28-16-21-14-12(15(27)22-16)8-19-25(14)11-6-4-3-5-7-11/h3-8,10H,9H2,1-2H3,(H,20,23,26)(H,21,22,27). The second-order valence-electron chi connectivity index (χ2n) is 6.38. The van der Waals surface area contributed by atoms with Gasteiger partial charge in [-0.25, -0.2) is 9.67 Å². The minimum Gasteiger partial charge on any atom is -0.301 e. The second-order valence-corrected chi connectivity index (χ2v) is 10.1. The molecule has 0 saturated carbocycles. The summed E-state index contributed by atoms with van der Waals surface area (Å²) in [5.41, 5.74) is 0.933. The van der Waals surface area contributed by atoms with Crippen LogP contribution in [0.1, 0.15) is 13.8 Å². The molecule has 4 aromatic rings. The fourth-order valence-electron chi connectivity index (χ4n) is 2.52. The number of nitrogens with zero attached hydrogens (tertiary/aromatic N) is 5. The van der Waals surface area contributed by atoms with Crippen LogP contribution in [0, 0.1) is 0 Å². The van der Waals surface area contributed by atoms with Gasteiger partial charge in [0.15, 0.2) is 15.1 Å². The predicted molar refractivity (Wildman–Crippen MR) is 120 cm³/mol. The Bertz CT molecular complexity index is 1230. The summed E-state index contributed by atoms with van der Waals surface area (Å²) in [6, 6.07) is 9.42. The molecule has 0 radical (unpaired) electrons. The predicted octanol–water partition coefficient (Wildman–Crippen LogP) is 3.19. The van der Waals surface area contributed by atoms with Crippen LogP contribution in [-0.4, -0.2) is 46.9 Å². The third kappa shape index (κ3) is 4.71. The average Bonchev–Trinajstić information content (AvgIpc) is 3.33. The van der Waals surface area contributed by atoms with Gasteiger partial charge in [-0.15, -0.1) is 10.2 Å². The Balaban J connectivity index is 1.47. The van der Waals surface area contributed by atoms with E-state index in [2.05, 4.69) is 44.4 Å². The molecular formula is C18H17N7O2S3. The van der Waals surface area contributed by atoms with Gasteiger partial charge in [-0.05, 0) is 12.1 Å². The zero-order chi connectivity index (χ0) is 21.1. The number of aromatic nitrogens is 6. The van der Waals surface area contributed by atoms with Gasteiger partial charge in [-0.1, -0.05) is 66.9 Å². The van der Waals surface area contributed by atoms with Gasteiger partial charge >= 0.3 is 0 Å². The van der Waals surface area contributed by atoms with Crippen molar-refractivity contribution in [1.82, 2.24) is 29.9 Å². The summed E-state index contributed by atoms with van der Waals surface area (Å²) in [5, 5.41) is 16.6. The minimum atomic E-state index is -0.301. The van der Waals surface area contributed by atoms with Gasteiger partial charge < -0.3 is 4.98 Å². The Labute approximate surface area is 183 Å². The maximum absolute atomic E-state index is 12.4. The largest absolute Gasteiger partial charge is 0.301 e. The molecule has 2 N–H and O–H groups in total. The monoisotopic (exact) mass is 459 g/mol. The van der Waals surface area contributed by atoms with E-state index < -0.39 is 0 Å². The van der Waals surface area contributed by atoms with E-state index in [0.717, 1.165) is 21.8 Å². The summed E-state index contributed by atoms with van der Waals surface area (Å²) in [6.45, 7) is 4.13. The molecule has 30 heavy (non-hydrogen) atoms. The van der Waals surface area contributed by atoms with Crippen molar-refractivity contribution in [3.05, 3.63) is 46.9 Å². The van der Waals surface area contributed by atoms with Gasteiger partial charge in [0, 0.05) is 5.25 Å². The molecule has 0 saturated heterocycles. The van der Waals surface area contributed by atoms with Crippen LogP contribution in [0.3, 0.4) is 0 Å². The molecule has 4 rings (SSSR count). The molecule has 0 atom stereocenters. The van der Waals surface area contributed by atoms with E-state index in [4.69, 9.17) is 0 Å². The Hall–Kier alpha value is -2.70. The molecule has 0 aliphatic rings. The molecule has 1 aromatic carbocycles. The molecule has 0 aliphatic carbocycles. The summed E-state index contributed by atoms with van der Waals surface area (Å²) in [5.74, 6) is -0.184. The maximum Gasteiger partial charge on any atom is 0.262 e. The summed E-state index contributed by atoms with van der Waals surface area (Å²) in [6.07, 6.45) is 1.48. The number of H-pyrrole nitrogens is 1. The van der Waals surface area contributed by atoms with Gasteiger partial charge in [0.25, 0.3) is 5.56 Å². The van der Waals surface area contributed by atoms with Crippen LogP contribution in [0.5, 0.6) is 0 Å². The van der Waals surface area contributed by atoms with Crippen LogP contribution in [0.2, 0.25) is 0 Å². The van der Waals surface area contributed by atoms with Crippen LogP contribution in [0.15, 0.2) is 50.8 Å². The molecule has 154 valence electrons. The fraction of sp³-hybridized carbons (Fsp3) is 0.222. The quantitative estimate of drug-likeness (QED) is 0.246. The van der Waals surface area contributed by atoms with Crippen LogP contribution in [-0.2, 0) is 4.79 Å². The normalized spacial score (nSPS) is 11.3. The van der Waals surface area contributed by atoms with Crippen molar-refractivity contribution in [1.29, 1.82) is 0 Å². The van der Waals surface area contributed by atoms with Crippen molar-refractivity contribution in [3.63, 3.8) is 0 Å². The molecule has 0 unspecified atom stereocenters. The topological polar surface area (TPSA) is 118 Å². The lowest BCUT2D eigenvalue weighted by Crippen LogP contribution is -2.15. The molecule has 0 aliphatic heterocycles. The fourth-order valence-corrected chi connectivity index (χ4v) is 5.17. The van der Waals surface area contributed by atoms with Gasteiger partial charge in [0.2, 0.25) is 11.0 Å². The van der Waals surface area contributed by atoms with E-state index in [9.17, 15) is 9.59 Å². The maximum atomic E-state index is 12.4. The first-order valence-electron chi connectivity index (χ1n) is 8.96. The molecule has 1 amide bonds. The van der Waals surface area contributed by atoms with E-state index in [-0.39, 0.29) is 17.2 Å². The SMILES string of the molecule is CC(C)Sc1nnc(NC(=O)CSc2nc3c(cnn3-c3ccccc3)c(=O)[nH]2)s1. The van der Waals surface area contributed by atoms with Crippen LogP contribution < -0.4 is 10.9 Å². The van der Waals surface area contributed by atoms with Crippen molar-refractivity contribution < 1.29 is 4.79 Å². The number of hydrogen-bond acceptors (Lipinski definition) is 9. The number of fused-ring (bicyclic) bond motifs is 1. The number of anilines is 1. The van der Waals surface area contributed by atoms with E-state index in [1.165, 1.54) is 17.5 Å². The molecule has 3 heterocycles. The average molecular weight is 460 g/mol. The van der Waals surface area contributed by atoms with Gasteiger partial charge in [0.1, 0.15) is 5.39 Å². The second kappa shape index (κ2) is 8.98. The zero-order valence-electron chi connectivity index (χ0n) is 16.0. The third-order valence-corrected chi connectivity index (χ3v) is 6.55. The summed E-state index contributed by atoms with van der Waals surface area (Å²) in [7, 11) is 0. The zero-order valence-corrected chi connectivity index (χ0v) is 18.5. The Morgan fingerprint density at radius 2 is 2.07 bits per heavy atom. The van der Waals surface area contributed by atoms with Gasteiger partial charge in [-0.3, -0.25) is 14.9 Å². The first-order chi connectivity index (χ1) is 14.5. The van der Waals surface area contributed by atoms with Crippen molar-refractivity contribution in [2.75, 3.05) is 11.1 Å². The first-order valence-corrected chi connectivity index (χ1v) is 11.6. The number of aromatic amines is 1. The summed E-state index contributed by atoms with van der Waals surface area (Å²) >= 11 is 4.05. The molecule has 0 spiro atoms. The molecule has 0 fully saturated rings. The number of hydrogen-bond donors (Lipinski definition) is 2. The lowest BCUT2D eigenvalue weighted by Gasteiger charge is -2.04. The van der Waals surface area contributed by atoms with Gasteiger partial charge in [0.05, 0.1) is 17.6 Å². The number of thioether (sulfide) groups is 2. The van der Waals surface area contributed by atoms with Crippen molar-refractivity contribution in [2.45, 2.75) is 28.6 Å². The highest BCUT2D eigenvalue weighted by molar-refractivity contribution is 8.01. The number of amides is 1. The van der Waals surface area contributed by atoms with E-state index in [0.29, 0.717) is 26.6 Å². The Morgan fingerprint density at radius 3 is 2.83 bits per heavy atom. The molecular weight excluding hydrogens is 442 g/mol. The molecule has 12 heteroatoms. The smallest absolute Gasteiger partial charge is 0.262 e. The summed E-state index contributed by atoms with van der Waals surface area (Å²) < 4.78 is 2.41. The van der Waals surface area contributed by atoms with E-state index in [1.807, 2.05) is 30.3 Å². The lowest BCUT2D eigenvalue weighted by atomic mass is 10.3. The number of para-hydroxylation sites is 1. The number of carbonyl (C=O) groups excluding carboxylic acids is 1. The third-order valence-electron chi connectivity index (χ3n) is 3.75. The molecule has 9 nitrogen and oxygen atoms in total. The number of carbonyl (C=O) groups is 1. The highest BCUT2D eigenvalue weighted by atomic mass is 32.2. The van der Waals surface area contributed by atoms with Crippen LogP contribution in [0.4, 0.5) is 5.13 Å². The van der Waals surface area contributed by atoms with Crippen LogP contribution in [0.25, 0.3) is 16.7 Å². The van der Waals surface area contributed by atoms with Gasteiger partial charge in [-0.2, -0.15) is 5.10 Å². The number of benzene rings is 1. The molecule has 0 bridgehead atoms. The lowest BCUT2D eigenvalue weighted by molar-refractivity contribution is -0.113. The Morgan fingerprint density at radius 1 is 1.27 bits per heavy atom. The van der Waals surface area contributed by atoms with Crippen molar-refractivity contribution in [2.24, 2.45) is 0 Å². The highest BCUT2D eigenvalue weighted by Crippen LogP contribution is 2.28. The van der Waals surface area contributed by atoms with Crippen molar-refractivity contribution >= 4 is 56.9 Å². The minimum absolute atomic E-state index is 0.0696. The number of nitrogens with one attached hydrogen (secondary N) is 2. The highest BCUT2D eigenvalue weighted by Gasteiger charge is 2.14. The van der Waals surface area contributed by atoms with Crippen molar-refractivity contribution in [3.8, 4) is 5.69 Å². The Kier molecular flexibility index (Phi) is 6.16. The molecule has 3 aromatic heterocycles. The summed E-state index contributed by atoms with van der Waals surface area (Å²) in [4.78, 5) is 31.8. The van der Waals surface area contributed by atoms with E-state index >= 15 is 0 Å². The first kappa shape index (κ1) is 20.6.